The van der Waals surface area contributed by atoms with Crippen molar-refractivity contribution in [2.75, 3.05) is 13.2 Å². The van der Waals surface area contributed by atoms with Crippen molar-refractivity contribution in [3.63, 3.8) is 0 Å². The minimum absolute atomic E-state index is 0.195. The van der Waals surface area contributed by atoms with Gasteiger partial charge in [0.2, 0.25) is 11.8 Å². The summed E-state index contributed by atoms with van der Waals surface area (Å²) < 4.78 is 56.1. The minimum atomic E-state index is -4.72. The van der Waals surface area contributed by atoms with E-state index in [1.165, 1.54) is 24.7 Å². The Morgan fingerprint density at radius 3 is 2.06 bits per heavy atom. The molecule has 1 aromatic rings. The molecule has 1 spiro atoms. The number of nitrogens with two attached hydrogens (primary N) is 2. The maximum Gasteiger partial charge on any atom is 0.332 e. The summed E-state index contributed by atoms with van der Waals surface area (Å²) in [5.74, 6) is -1.80. The molecule has 5 N–H and O–H groups in total. The maximum atomic E-state index is 13.9. The number of aryl methyl sites for hydroxylation is 1. The second-order valence-electron chi connectivity index (χ2n) is 15.3. The number of primary amides is 2. The van der Waals surface area contributed by atoms with Gasteiger partial charge in [-0.05, 0) is 43.2 Å². The molecule has 3 rings (SSSR count). The van der Waals surface area contributed by atoms with Gasteiger partial charge in [0, 0.05) is 18.8 Å². The monoisotopic (exact) mass is 717 g/mol. The Morgan fingerprint density at radius 2 is 1.57 bits per heavy atom. The van der Waals surface area contributed by atoms with Gasteiger partial charge in [-0.15, -0.1) is 0 Å². The highest BCUT2D eigenvalue weighted by molar-refractivity contribution is 7.91. The van der Waals surface area contributed by atoms with Crippen LogP contribution in [-0.2, 0) is 44.5 Å². The first-order valence-corrected chi connectivity index (χ1v) is 22.6. The van der Waals surface area contributed by atoms with E-state index in [1.54, 1.807) is 0 Å². The fourth-order valence-electron chi connectivity index (χ4n) is 5.04. The summed E-state index contributed by atoms with van der Waals surface area (Å²) >= 11 is 0. The van der Waals surface area contributed by atoms with Gasteiger partial charge in [0.05, 0.1) is 25.3 Å². The van der Waals surface area contributed by atoms with Crippen LogP contribution in [0.5, 0.6) is 0 Å². The van der Waals surface area contributed by atoms with Crippen LogP contribution in [0, 0.1) is 6.92 Å². The number of carbonyl (C=O) groups is 2. The summed E-state index contributed by atoms with van der Waals surface area (Å²) in [7, 11) is -8.82. The predicted octanol–water partition coefficient (Wildman–Crippen LogP) is 1.43. The Bertz CT molecular complexity index is 1690. The van der Waals surface area contributed by atoms with Gasteiger partial charge in [-0.3, -0.25) is 23.5 Å². The van der Waals surface area contributed by atoms with Crippen molar-refractivity contribution in [1.82, 2.24) is 14.5 Å². The summed E-state index contributed by atoms with van der Waals surface area (Å²) in [6.45, 7) is 20.7. The molecule has 1 aromatic heterocycles. The number of rotatable bonds is 11. The van der Waals surface area contributed by atoms with Crippen LogP contribution in [0.4, 0.5) is 0 Å². The molecule has 2 amide bonds. The van der Waals surface area contributed by atoms with Gasteiger partial charge in [0.25, 0.3) is 15.7 Å². The number of ether oxygens (including phenoxy) is 1. The normalized spacial score (nSPS) is 25.1. The standard InChI is InChI=1S/C29H51N5O10SSi2/c1-17-15-34(26(38)33(8)24(17)37)25-23(43-47(11,12)28(5,6)7)29(19(42-25)16-41-46(9,10)27(2,3)4)22(32-14-21(31)36)18(13-20(30)35)45(39,40)44-29/h15,19,23,25,32H,13-14,16H2,1-12H3,(H2,30,35)(H2,31,36)/t19?,23-,25+,29?/m0/s1. The van der Waals surface area contributed by atoms with Gasteiger partial charge in [0.1, 0.15) is 17.1 Å². The first-order valence-electron chi connectivity index (χ1n) is 15.4. The summed E-state index contributed by atoms with van der Waals surface area (Å²) in [4.78, 5) is 50.2. The topological polar surface area (TPSA) is 213 Å². The lowest BCUT2D eigenvalue weighted by atomic mass is 9.87. The third-order valence-corrected chi connectivity index (χ3v) is 20.2. The third kappa shape index (κ3) is 7.23. The van der Waals surface area contributed by atoms with Crippen molar-refractivity contribution in [2.24, 2.45) is 18.5 Å². The number of nitrogens with zero attached hydrogens (tertiary/aromatic N) is 2. The van der Waals surface area contributed by atoms with E-state index in [9.17, 15) is 27.6 Å². The molecular formula is C29H51N5O10SSi2. The van der Waals surface area contributed by atoms with Crippen molar-refractivity contribution in [3.8, 4) is 0 Å². The van der Waals surface area contributed by atoms with Gasteiger partial charge in [-0.25, -0.2) is 8.98 Å². The molecule has 4 atom stereocenters. The minimum Gasteiger partial charge on any atom is -0.414 e. The third-order valence-electron chi connectivity index (χ3n) is 9.84. The van der Waals surface area contributed by atoms with Crippen molar-refractivity contribution < 1.29 is 35.8 Å². The Morgan fingerprint density at radius 1 is 1.02 bits per heavy atom. The molecule has 266 valence electrons. The smallest absolute Gasteiger partial charge is 0.332 e. The molecule has 18 heteroatoms. The first kappa shape index (κ1) is 38.8. The summed E-state index contributed by atoms with van der Waals surface area (Å²) in [6, 6.07) is 0. The molecule has 2 aliphatic heterocycles. The van der Waals surface area contributed by atoms with Crippen LogP contribution < -0.4 is 28.0 Å². The summed E-state index contributed by atoms with van der Waals surface area (Å²) in [6.07, 6.45) is -3.46. The Labute approximate surface area is 278 Å². The van der Waals surface area contributed by atoms with Crippen molar-refractivity contribution in [1.29, 1.82) is 0 Å². The van der Waals surface area contributed by atoms with Gasteiger partial charge in [-0.1, -0.05) is 41.5 Å². The lowest BCUT2D eigenvalue weighted by molar-refractivity contribution is -0.117. The second-order valence-corrected chi connectivity index (χ2v) is 26.5. The number of nitrogens with one attached hydrogen (secondary N) is 1. The molecule has 2 aliphatic rings. The first-order chi connectivity index (χ1) is 21.1. The van der Waals surface area contributed by atoms with Crippen molar-refractivity contribution >= 4 is 38.6 Å². The van der Waals surface area contributed by atoms with E-state index in [0.717, 1.165) is 4.57 Å². The van der Waals surface area contributed by atoms with Crippen LogP contribution in [0.1, 0.15) is 59.8 Å². The highest BCUT2D eigenvalue weighted by Gasteiger charge is 2.69. The molecule has 0 aliphatic carbocycles. The molecule has 2 unspecified atom stereocenters. The lowest BCUT2D eigenvalue weighted by Crippen LogP contribution is -2.60. The van der Waals surface area contributed by atoms with Crippen LogP contribution in [0.25, 0.3) is 0 Å². The Hall–Kier alpha value is -2.62. The number of aromatic nitrogens is 2. The number of hydrogen-bond donors (Lipinski definition) is 3. The zero-order valence-electron chi connectivity index (χ0n) is 29.5. The van der Waals surface area contributed by atoms with Crippen LogP contribution in [0.15, 0.2) is 26.4 Å². The molecule has 0 aromatic carbocycles. The number of hydrogen-bond acceptors (Lipinski definition) is 11. The van der Waals surface area contributed by atoms with Crippen LogP contribution in [0.3, 0.4) is 0 Å². The lowest BCUT2D eigenvalue weighted by Gasteiger charge is -2.44. The molecule has 1 fully saturated rings. The van der Waals surface area contributed by atoms with E-state index >= 15 is 0 Å². The summed E-state index contributed by atoms with van der Waals surface area (Å²) in [5, 5.41) is 2.12. The van der Waals surface area contributed by atoms with Crippen molar-refractivity contribution in [3.05, 3.63) is 43.2 Å². The zero-order chi connectivity index (χ0) is 36.3. The molecule has 0 saturated carbocycles. The highest BCUT2D eigenvalue weighted by Crippen LogP contribution is 2.54. The number of amides is 2. The van der Waals surface area contributed by atoms with E-state index in [-0.39, 0.29) is 22.9 Å². The van der Waals surface area contributed by atoms with Gasteiger partial charge in [-0.2, -0.15) is 8.42 Å². The SMILES string of the molecule is Cc1cn([C@@H]2OC(CO[Si](C)(C)C(C)(C)C)C3(OS(=O)(=O)C(CC(N)=O)=C3NCC(N)=O)[C@H]2O[Si](C)(C)C(C)(C)C)c(=O)n(C)c1=O. The van der Waals surface area contributed by atoms with Crippen LogP contribution in [0.2, 0.25) is 36.3 Å². The molecule has 3 heterocycles. The average molecular weight is 718 g/mol. The van der Waals surface area contributed by atoms with Gasteiger partial charge >= 0.3 is 5.69 Å². The van der Waals surface area contributed by atoms with E-state index < -0.39 is 96.8 Å². The molecule has 15 nitrogen and oxygen atoms in total. The zero-order valence-corrected chi connectivity index (χ0v) is 32.3. The fraction of sp³-hybridized carbons (Fsp3) is 0.724. The summed E-state index contributed by atoms with van der Waals surface area (Å²) in [5.41, 5.74) is 7.65. The van der Waals surface area contributed by atoms with E-state index in [2.05, 4.69) is 5.32 Å². The van der Waals surface area contributed by atoms with E-state index in [0.29, 0.717) is 0 Å². The Balaban J connectivity index is 2.49. The van der Waals surface area contributed by atoms with Gasteiger partial charge in [0.15, 0.2) is 28.5 Å². The molecule has 0 radical (unpaired) electrons. The van der Waals surface area contributed by atoms with Crippen LogP contribution in [-0.4, -0.2) is 77.0 Å². The molecular weight excluding hydrogens is 667 g/mol. The quantitative estimate of drug-likeness (QED) is 0.220. The fourth-order valence-corrected chi connectivity index (χ4v) is 8.88. The number of carbonyl (C=O) groups excluding carboxylic acids is 2. The van der Waals surface area contributed by atoms with Crippen molar-refractivity contribution in [2.45, 2.75) is 115 Å². The van der Waals surface area contributed by atoms with Crippen LogP contribution >= 0.6 is 0 Å². The average Bonchev–Trinajstić information content (AvgIpc) is 3.30. The molecule has 1 saturated heterocycles. The molecule has 47 heavy (non-hydrogen) atoms. The highest BCUT2D eigenvalue weighted by atomic mass is 32.2. The Kier molecular flexibility index (Phi) is 10.5. The molecule has 0 bridgehead atoms. The predicted molar refractivity (Wildman–Crippen MR) is 181 cm³/mol. The van der Waals surface area contributed by atoms with E-state index in [1.807, 2.05) is 67.7 Å². The maximum absolute atomic E-state index is 13.9. The second kappa shape index (κ2) is 12.7. The van der Waals surface area contributed by atoms with Gasteiger partial charge < -0.3 is 30.4 Å². The largest absolute Gasteiger partial charge is 0.414 e. The van der Waals surface area contributed by atoms with E-state index in [4.69, 9.17) is 29.2 Å².